The number of hydrogen-bond donors (Lipinski definition) is 0. The maximum absolute atomic E-state index is 14.3. The zero-order valence-corrected chi connectivity index (χ0v) is 28.8. The van der Waals surface area contributed by atoms with Gasteiger partial charge in [0.15, 0.2) is 16.3 Å². The number of ether oxygens (including phenoxy) is 3. The molecule has 0 unspecified atom stereocenters. The molecule has 6 nitrogen and oxygen atoms in total. The van der Waals surface area contributed by atoms with Crippen molar-refractivity contribution in [3.05, 3.63) is 146 Å². The molecule has 0 amide bonds. The van der Waals surface area contributed by atoms with E-state index in [0.717, 1.165) is 52.1 Å². The second kappa shape index (κ2) is 12.8. The van der Waals surface area contributed by atoms with Crippen molar-refractivity contribution in [2.75, 3.05) is 14.2 Å². The molecular formula is C36H27BrCl2N2O4S. The first-order valence-electron chi connectivity index (χ1n) is 14.6. The fourth-order valence-corrected chi connectivity index (χ4v) is 8.13. The lowest BCUT2D eigenvalue weighted by molar-refractivity contribution is 0.282. The van der Waals surface area contributed by atoms with E-state index >= 15 is 0 Å². The predicted molar refractivity (Wildman–Crippen MR) is 187 cm³/mol. The van der Waals surface area contributed by atoms with Gasteiger partial charge in [0.05, 0.1) is 35.0 Å². The summed E-state index contributed by atoms with van der Waals surface area (Å²) < 4.78 is 20.7. The van der Waals surface area contributed by atoms with E-state index in [1.165, 1.54) is 16.9 Å². The van der Waals surface area contributed by atoms with Crippen LogP contribution < -0.4 is 29.1 Å². The van der Waals surface area contributed by atoms with Gasteiger partial charge in [0.25, 0.3) is 5.56 Å². The fraction of sp³-hybridized carbons (Fsp3) is 0.167. The van der Waals surface area contributed by atoms with Crippen molar-refractivity contribution < 1.29 is 14.2 Å². The van der Waals surface area contributed by atoms with Crippen molar-refractivity contribution >= 4 is 62.2 Å². The molecule has 0 N–H and O–H groups in total. The molecule has 0 saturated carbocycles. The molecule has 1 aromatic heterocycles. The Hall–Kier alpha value is -3.82. The highest BCUT2D eigenvalue weighted by atomic mass is 79.9. The van der Waals surface area contributed by atoms with Crippen molar-refractivity contribution in [1.29, 1.82) is 0 Å². The third-order valence-corrected chi connectivity index (χ3v) is 10.4. The third-order valence-electron chi connectivity index (χ3n) is 8.24. The highest BCUT2D eigenvalue weighted by Crippen LogP contribution is 2.43. The molecular weight excluding hydrogens is 707 g/mol. The van der Waals surface area contributed by atoms with Gasteiger partial charge in [-0.2, -0.15) is 0 Å². The number of benzene rings is 4. The zero-order valence-electron chi connectivity index (χ0n) is 24.9. The number of methoxy groups -OCH3 is 2. The average molecular weight is 734 g/mol. The summed E-state index contributed by atoms with van der Waals surface area (Å²) in [5, 5.41) is 1.08. The van der Waals surface area contributed by atoms with Crippen molar-refractivity contribution in [1.82, 2.24) is 4.57 Å². The van der Waals surface area contributed by atoms with Crippen LogP contribution in [0.15, 0.2) is 98.7 Å². The molecule has 0 radical (unpaired) electrons. The van der Waals surface area contributed by atoms with Crippen molar-refractivity contribution in [3.8, 4) is 17.2 Å². The number of para-hydroxylation sites is 1. The molecule has 0 bridgehead atoms. The summed E-state index contributed by atoms with van der Waals surface area (Å²) in [4.78, 5) is 20.0. The van der Waals surface area contributed by atoms with Gasteiger partial charge in [-0.05, 0) is 81.9 Å². The standard InChI is InChI=1S/C36H27BrCl2N2O4S/c1-43-29-10-6-5-9-25(29)33-26-14-12-21-7-3-4-8-24(21)32(26)40-36-41(33)35(42)31(46-36)17-20-15-27(37)34(30(16-20)44-2)45-19-22-11-13-23(38)18-28(22)39/h3-11,13,15-18,33H,12,14,19H2,1-2H3/b31-17-/t33-/m0/s1. The van der Waals surface area contributed by atoms with E-state index in [1.807, 2.05) is 59.2 Å². The van der Waals surface area contributed by atoms with Gasteiger partial charge in [0, 0.05) is 26.7 Å². The van der Waals surface area contributed by atoms with Crippen LogP contribution in [0.25, 0.3) is 11.8 Å². The van der Waals surface area contributed by atoms with E-state index in [0.29, 0.717) is 35.4 Å². The van der Waals surface area contributed by atoms with E-state index in [1.54, 1.807) is 26.4 Å². The first kappa shape index (κ1) is 30.8. The van der Waals surface area contributed by atoms with E-state index < -0.39 is 0 Å². The number of fused-ring (bicyclic) bond motifs is 3. The second-order valence-electron chi connectivity index (χ2n) is 10.9. The van der Waals surface area contributed by atoms with Crippen LogP contribution in [-0.4, -0.2) is 18.8 Å². The van der Waals surface area contributed by atoms with Gasteiger partial charge >= 0.3 is 0 Å². The largest absolute Gasteiger partial charge is 0.496 e. The van der Waals surface area contributed by atoms with E-state index in [4.69, 9.17) is 42.4 Å². The van der Waals surface area contributed by atoms with Gasteiger partial charge in [-0.1, -0.05) is 83.1 Å². The summed E-state index contributed by atoms with van der Waals surface area (Å²) in [5.74, 6) is 1.77. The molecule has 1 aliphatic carbocycles. The molecule has 46 heavy (non-hydrogen) atoms. The fourth-order valence-electron chi connectivity index (χ4n) is 6.09. The summed E-state index contributed by atoms with van der Waals surface area (Å²) in [6.07, 6.45) is 3.55. The van der Waals surface area contributed by atoms with Crippen LogP contribution in [-0.2, 0) is 13.0 Å². The maximum Gasteiger partial charge on any atom is 0.271 e. The van der Waals surface area contributed by atoms with Crippen molar-refractivity contribution in [2.45, 2.75) is 25.5 Å². The Morgan fingerprint density at radius 1 is 0.978 bits per heavy atom. The average Bonchev–Trinajstić information content (AvgIpc) is 3.37. The minimum atomic E-state index is -0.338. The predicted octanol–water partition coefficient (Wildman–Crippen LogP) is 7.98. The number of hydrogen-bond acceptors (Lipinski definition) is 6. The molecule has 7 rings (SSSR count). The van der Waals surface area contributed by atoms with Gasteiger partial charge in [0.1, 0.15) is 12.4 Å². The number of rotatable bonds is 7. The molecule has 2 heterocycles. The summed E-state index contributed by atoms with van der Waals surface area (Å²) in [6.45, 7) is 0.222. The first-order valence-corrected chi connectivity index (χ1v) is 16.9. The lowest BCUT2D eigenvalue weighted by atomic mass is 9.83. The highest BCUT2D eigenvalue weighted by Gasteiger charge is 2.34. The quantitative estimate of drug-likeness (QED) is 0.170. The van der Waals surface area contributed by atoms with E-state index in [9.17, 15) is 4.79 Å². The maximum atomic E-state index is 14.3. The number of nitrogens with zero attached hydrogens (tertiary/aromatic N) is 2. The molecule has 1 atom stereocenters. The number of halogens is 3. The van der Waals surface area contributed by atoms with Crippen molar-refractivity contribution in [2.24, 2.45) is 4.99 Å². The molecule has 4 aromatic carbocycles. The number of aryl methyl sites for hydroxylation is 1. The number of aromatic nitrogens is 1. The first-order chi connectivity index (χ1) is 22.4. The van der Waals surface area contributed by atoms with Gasteiger partial charge < -0.3 is 14.2 Å². The smallest absolute Gasteiger partial charge is 0.271 e. The van der Waals surface area contributed by atoms with Crippen LogP contribution in [0, 0.1) is 0 Å². The van der Waals surface area contributed by atoms with Crippen LogP contribution in [0.1, 0.15) is 40.3 Å². The Labute approximate surface area is 287 Å². The molecule has 0 fully saturated rings. The van der Waals surface area contributed by atoms with Gasteiger partial charge in [-0.25, -0.2) is 4.99 Å². The Morgan fingerprint density at radius 2 is 1.76 bits per heavy atom. The lowest BCUT2D eigenvalue weighted by Crippen LogP contribution is -2.39. The van der Waals surface area contributed by atoms with Gasteiger partial charge in [-0.15, -0.1) is 0 Å². The van der Waals surface area contributed by atoms with Crippen LogP contribution in [0.3, 0.4) is 0 Å². The minimum Gasteiger partial charge on any atom is -0.496 e. The number of allylic oxidation sites excluding steroid dienone is 1. The summed E-state index contributed by atoms with van der Waals surface area (Å²) >= 11 is 17.4. The lowest BCUT2D eigenvalue weighted by Gasteiger charge is -2.31. The van der Waals surface area contributed by atoms with Crippen LogP contribution in [0.4, 0.5) is 0 Å². The van der Waals surface area contributed by atoms with Crippen LogP contribution >= 0.6 is 50.5 Å². The Balaban J connectivity index is 1.33. The summed E-state index contributed by atoms with van der Waals surface area (Å²) in [7, 11) is 3.24. The summed E-state index contributed by atoms with van der Waals surface area (Å²) in [5.41, 5.74) is 6.83. The van der Waals surface area contributed by atoms with Gasteiger partial charge in [-0.3, -0.25) is 9.36 Å². The van der Waals surface area contributed by atoms with Crippen LogP contribution in [0.5, 0.6) is 17.2 Å². The van der Waals surface area contributed by atoms with E-state index in [-0.39, 0.29) is 18.2 Å². The second-order valence-corrected chi connectivity index (χ2v) is 13.6. The summed E-state index contributed by atoms with van der Waals surface area (Å²) in [6, 6.07) is 25.0. The van der Waals surface area contributed by atoms with E-state index in [2.05, 4.69) is 34.1 Å². The van der Waals surface area contributed by atoms with Crippen LogP contribution in [0.2, 0.25) is 10.0 Å². The molecule has 0 saturated heterocycles. The molecule has 1 aliphatic heterocycles. The Kier molecular flexibility index (Phi) is 8.55. The Morgan fingerprint density at radius 3 is 2.57 bits per heavy atom. The molecule has 2 aliphatic rings. The van der Waals surface area contributed by atoms with Gasteiger partial charge in [0.2, 0.25) is 0 Å². The monoisotopic (exact) mass is 732 g/mol. The zero-order chi connectivity index (χ0) is 31.9. The molecule has 5 aromatic rings. The Bertz CT molecular complexity index is 2230. The number of thiazole rings is 1. The molecule has 10 heteroatoms. The normalized spacial score (nSPS) is 15.5. The molecule has 0 spiro atoms. The van der Waals surface area contributed by atoms with Crippen molar-refractivity contribution in [3.63, 3.8) is 0 Å². The highest BCUT2D eigenvalue weighted by molar-refractivity contribution is 9.10. The topological polar surface area (TPSA) is 62.0 Å². The minimum absolute atomic E-state index is 0.113. The SMILES string of the molecule is COc1ccccc1[C@H]1C2=C(N=c3s/c(=C\c4cc(Br)c(OCc5ccc(Cl)cc5Cl)c(OC)c4)c(=O)n31)c1ccccc1CC2. The third kappa shape index (κ3) is 5.58. The molecule has 232 valence electrons.